The summed E-state index contributed by atoms with van der Waals surface area (Å²) in [5, 5.41) is 0.847. The first-order valence-corrected chi connectivity index (χ1v) is 10.2. The molecular weight excluding hydrogens is 551 g/mol. The Bertz CT molecular complexity index is 1250. The van der Waals surface area contributed by atoms with Gasteiger partial charge in [-0.3, -0.25) is 15.0 Å². The van der Waals surface area contributed by atoms with Crippen molar-refractivity contribution >= 4 is 27.6 Å². The van der Waals surface area contributed by atoms with Gasteiger partial charge in [0.25, 0.3) is 0 Å². The van der Waals surface area contributed by atoms with Gasteiger partial charge in [0.05, 0.1) is 22.9 Å². The number of hydrogen-bond donors (Lipinski definition) is 0. The fraction of sp³-hybridized carbons (Fsp3) is 0.500. The van der Waals surface area contributed by atoms with Crippen molar-refractivity contribution in [2.45, 2.75) is 78.6 Å². The molecule has 0 saturated carbocycles. The number of nitrogens with zero attached hydrogens (tertiary/aromatic N) is 5. The Morgan fingerprint density at radius 2 is 1.37 bits per heavy atom. The SMILES string of the molecule is CC(C)(C)c1cc2nc(C(C)(C)C)n3c4cnc(C(C)(C)C)cc4nc3c2[c-]n1.[Ir]. The Hall–Kier alpha value is -1.91. The van der Waals surface area contributed by atoms with Crippen molar-refractivity contribution in [3.05, 3.63) is 41.7 Å². The maximum absolute atomic E-state index is 5.07. The second-order valence-corrected chi connectivity index (χ2v) is 11.0. The summed E-state index contributed by atoms with van der Waals surface area (Å²) >= 11 is 0. The van der Waals surface area contributed by atoms with Crippen molar-refractivity contribution in [3.8, 4) is 0 Å². The van der Waals surface area contributed by atoms with Crippen LogP contribution in [-0.2, 0) is 36.4 Å². The molecule has 161 valence electrons. The van der Waals surface area contributed by atoms with Crippen LogP contribution in [0.5, 0.6) is 0 Å². The van der Waals surface area contributed by atoms with Crippen LogP contribution in [0.4, 0.5) is 0 Å². The van der Waals surface area contributed by atoms with Crippen LogP contribution >= 0.6 is 0 Å². The molecule has 0 unspecified atom stereocenters. The first-order valence-electron chi connectivity index (χ1n) is 10.2. The van der Waals surface area contributed by atoms with Gasteiger partial charge < -0.3 is 9.38 Å². The molecule has 0 bridgehead atoms. The van der Waals surface area contributed by atoms with Crippen molar-refractivity contribution in [1.82, 2.24) is 24.3 Å². The zero-order valence-electron chi connectivity index (χ0n) is 19.3. The molecule has 4 aromatic heterocycles. The summed E-state index contributed by atoms with van der Waals surface area (Å²) < 4.78 is 2.13. The van der Waals surface area contributed by atoms with Gasteiger partial charge >= 0.3 is 0 Å². The number of fused-ring (bicyclic) bond motifs is 5. The predicted octanol–water partition coefficient (Wildman–Crippen LogP) is 5.52. The third-order valence-corrected chi connectivity index (χ3v) is 5.23. The van der Waals surface area contributed by atoms with Crippen molar-refractivity contribution < 1.29 is 20.1 Å². The first-order chi connectivity index (χ1) is 13.3. The van der Waals surface area contributed by atoms with E-state index >= 15 is 0 Å². The second kappa shape index (κ2) is 7.06. The Morgan fingerprint density at radius 3 is 1.93 bits per heavy atom. The van der Waals surface area contributed by atoms with Crippen LogP contribution in [0, 0.1) is 6.20 Å². The maximum Gasteiger partial charge on any atom is 0.102 e. The zero-order valence-corrected chi connectivity index (χ0v) is 21.7. The van der Waals surface area contributed by atoms with E-state index in [1.54, 1.807) is 0 Å². The van der Waals surface area contributed by atoms with Crippen LogP contribution < -0.4 is 0 Å². The molecule has 0 atom stereocenters. The standard InChI is InChI=1S/C24H30N5.Ir/c1-22(2,3)18-10-15-14(12-25-18)20-27-16-11-19(23(4,5)6)26-13-17(16)29(20)21(28-15)24(7,8)9;/h10-11,13H,1-9H3;/q-1;. The quantitative estimate of drug-likeness (QED) is 0.257. The Morgan fingerprint density at radius 1 is 0.767 bits per heavy atom. The molecule has 1 radical (unpaired) electrons. The fourth-order valence-corrected chi connectivity index (χ4v) is 3.48. The van der Waals surface area contributed by atoms with E-state index in [1.165, 1.54) is 0 Å². The topological polar surface area (TPSA) is 56.0 Å². The summed E-state index contributed by atoms with van der Waals surface area (Å²) in [6.45, 7) is 19.5. The van der Waals surface area contributed by atoms with E-state index in [4.69, 9.17) is 15.0 Å². The molecule has 30 heavy (non-hydrogen) atoms. The van der Waals surface area contributed by atoms with E-state index in [2.05, 4.69) is 90.0 Å². The van der Waals surface area contributed by atoms with Gasteiger partial charge in [0.1, 0.15) is 5.82 Å². The van der Waals surface area contributed by atoms with E-state index in [9.17, 15) is 0 Å². The summed E-state index contributed by atoms with van der Waals surface area (Å²) in [4.78, 5) is 19.4. The number of hydrogen-bond acceptors (Lipinski definition) is 4. The minimum Gasteiger partial charge on any atom is -0.356 e. The van der Waals surface area contributed by atoms with Crippen molar-refractivity contribution in [3.63, 3.8) is 0 Å². The summed E-state index contributed by atoms with van der Waals surface area (Å²) in [6.07, 6.45) is 5.16. The van der Waals surface area contributed by atoms with E-state index in [-0.39, 0.29) is 36.4 Å². The normalized spacial score (nSPS) is 13.2. The Kier molecular flexibility index (Phi) is 5.36. The third kappa shape index (κ3) is 3.76. The molecule has 0 N–H and O–H groups in total. The van der Waals surface area contributed by atoms with Crippen molar-refractivity contribution in [2.24, 2.45) is 0 Å². The van der Waals surface area contributed by atoms with Crippen molar-refractivity contribution in [1.29, 1.82) is 0 Å². The molecule has 4 rings (SSSR count). The molecule has 0 spiro atoms. The van der Waals surface area contributed by atoms with Crippen LogP contribution in [0.25, 0.3) is 27.6 Å². The molecule has 0 aliphatic heterocycles. The molecule has 4 heterocycles. The number of aromatic nitrogens is 5. The number of imidazole rings is 1. The zero-order chi connectivity index (χ0) is 21.4. The van der Waals surface area contributed by atoms with Gasteiger partial charge in [-0.25, -0.2) is 0 Å². The molecule has 0 fully saturated rings. The van der Waals surface area contributed by atoms with Gasteiger partial charge in [0, 0.05) is 36.6 Å². The molecule has 0 amide bonds. The van der Waals surface area contributed by atoms with Crippen LogP contribution in [0.2, 0.25) is 0 Å². The molecule has 6 heteroatoms. The van der Waals surface area contributed by atoms with Crippen LogP contribution in [-0.4, -0.2) is 24.3 Å². The molecule has 4 aromatic rings. The Labute approximate surface area is 192 Å². The van der Waals surface area contributed by atoms with Crippen LogP contribution in [0.3, 0.4) is 0 Å². The molecule has 0 saturated heterocycles. The van der Waals surface area contributed by atoms with E-state index < -0.39 is 0 Å². The molecule has 0 aliphatic carbocycles. The fourth-order valence-electron chi connectivity index (χ4n) is 3.48. The summed E-state index contributed by atoms with van der Waals surface area (Å²) in [5.74, 6) is 0.965. The average molecular weight is 581 g/mol. The van der Waals surface area contributed by atoms with Gasteiger partial charge in [-0.1, -0.05) is 73.8 Å². The summed E-state index contributed by atoms with van der Waals surface area (Å²) in [7, 11) is 0. The monoisotopic (exact) mass is 581 g/mol. The van der Waals surface area contributed by atoms with E-state index in [0.717, 1.165) is 44.8 Å². The Balaban J connectivity index is 0.00000256. The smallest absolute Gasteiger partial charge is 0.102 e. The summed E-state index contributed by atoms with van der Waals surface area (Å²) in [5.41, 5.74) is 5.39. The van der Waals surface area contributed by atoms with Gasteiger partial charge in [-0.05, 0) is 28.9 Å². The number of pyridine rings is 2. The summed E-state index contributed by atoms with van der Waals surface area (Å²) in [6, 6.07) is 4.18. The molecule has 0 aliphatic rings. The van der Waals surface area contributed by atoms with Gasteiger partial charge in [-0.15, -0.1) is 0 Å². The van der Waals surface area contributed by atoms with E-state index in [1.807, 2.05) is 6.20 Å². The maximum atomic E-state index is 5.07. The van der Waals surface area contributed by atoms with Crippen molar-refractivity contribution in [2.75, 3.05) is 0 Å². The predicted molar refractivity (Wildman–Crippen MR) is 119 cm³/mol. The number of rotatable bonds is 0. The van der Waals surface area contributed by atoms with Gasteiger partial charge in [0.2, 0.25) is 0 Å². The van der Waals surface area contributed by atoms with E-state index in [0.29, 0.717) is 0 Å². The second-order valence-electron chi connectivity index (χ2n) is 11.0. The minimum absolute atomic E-state index is 0. The third-order valence-electron chi connectivity index (χ3n) is 5.23. The average Bonchev–Trinajstić information content (AvgIpc) is 2.96. The molecular formula is C24H30IrN5-. The van der Waals surface area contributed by atoms with Crippen LogP contribution in [0.1, 0.15) is 79.5 Å². The largest absolute Gasteiger partial charge is 0.356 e. The van der Waals surface area contributed by atoms with Gasteiger partial charge in [0.15, 0.2) is 0 Å². The van der Waals surface area contributed by atoms with Gasteiger partial charge in [-0.2, -0.15) is 0 Å². The first kappa shape index (κ1) is 22.8. The molecule has 5 nitrogen and oxygen atoms in total. The minimum atomic E-state index is -0.159. The van der Waals surface area contributed by atoms with Crippen LogP contribution in [0.15, 0.2) is 18.3 Å². The molecule has 0 aromatic carbocycles.